The van der Waals surface area contributed by atoms with E-state index in [0.29, 0.717) is 10.7 Å². The average molecular weight is 344 g/mol. The van der Waals surface area contributed by atoms with E-state index in [1.807, 2.05) is 37.3 Å². The third kappa shape index (κ3) is 3.44. The van der Waals surface area contributed by atoms with Crippen molar-refractivity contribution in [3.63, 3.8) is 0 Å². The summed E-state index contributed by atoms with van der Waals surface area (Å²) in [6.45, 7) is 1.55. The maximum Gasteiger partial charge on any atom is 0.317 e. The molecule has 0 aromatic heterocycles. The predicted molar refractivity (Wildman–Crippen MR) is 93.1 cm³/mol. The molecule has 0 aliphatic heterocycles. The zero-order chi connectivity index (χ0) is 17.2. The monoisotopic (exact) mass is 343 g/mol. The first kappa shape index (κ1) is 16.5. The van der Waals surface area contributed by atoms with Gasteiger partial charge in [0.2, 0.25) is 0 Å². The van der Waals surface area contributed by atoms with Crippen LogP contribution in [0.1, 0.15) is 24.0 Å². The lowest BCUT2D eigenvalue weighted by atomic mass is 9.96. The minimum Gasteiger partial charge on any atom is -0.455 e. The molecule has 0 heterocycles. The molecule has 3 rings (SSSR count). The van der Waals surface area contributed by atoms with E-state index in [9.17, 15) is 9.59 Å². The molecule has 1 fully saturated rings. The van der Waals surface area contributed by atoms with Crippen LogP contribution in [0.5, 0.6) is 0 Å². The van der Waals surface area contributed by atoms with E-state index in [4.69, 9.17) is 16.3 Å². The number of ether oxygens (including phenoxy) is 1. The fraction of sp³-hybridized carbons (Fsp3) is 0.263. The van der Waals surface area contributed by atoms with Crippen molar-refractivity contribution in [3.8, 4) is 0 Å². The Morgan fingerprint density at radius 3 is 2.50 bits per heavy atom. The van der Waals surface area contributed by atoms with Crippen LogP contribution in [0.25, 0.3) is 0 Å². The summed E-state index contributed by atoms with van der Waals surface area (Å²) < 4.78 is 5.24. The molecule has 1 amide bonds. The topological polar surface area (TPSA) is 55.4 Å². The van der Waals surface area contributed by atoms with Crippen LogP contribution in [0.2, 0.25) is 5.02 Å². The van der Waals surface area contributed by atoms with Crippen LogP contribution in [0.4, 0.5) is 5.69 Å². The van der Waals surface area contributed by atoms with Crippen molar-refractivity contribution in [1.82, 2.24) is 0 Å². The van der Waals surface area contributed by atoms with Crippen molar-refractivity contribution in [2.75, 3.05) is 11.9 Å². The number of halogens is 1. The van der Waals surface area contributed by atoms with Gasteiger partial charge in [-0.1, -0.05) is 41.9 Å². The normalized spacial score (nSPS) is 14.8. The van der Waals surface area contributed by atoms with E-state index in [0.717, 1.165) is 24.0 Å². The summed E-state index contributed by atoms with van der Waals surface area (Å²) in [5, 5.41) is 3.34. The number of amides is 1. The van der Waals surface area contributed by atoms with E-state index in [1.165, 1.54) is 0 Å². The van der Waals surface area contributed by atoms with Gasteiger partial charge < -0.3 is 10.1 Å². The molecule has 1 aliphatic carbocycles. The maximum atomic E-state index is 12.4. The van der Waals surface area contributed by atoms with Crippen molar-refractivity contribution in [1.29, 1.82) is 0 Å². The molecule has 0 spiro atoms. The minimum atomic E-state index is -0.572. The zero-order valence-corrected chi connectivity index (χ0v) is 14.1. The molecule has 1 N–H and O–H groups in total. The second kappa shape index (κ2) is 6.65. The minimum absolute atomic E-state index is 0.296. The average Bonchev–Trinajstić information content (AvgIpc) is 3.38. The lowest BCUT2D eigenvalue weighted by Crippen LogP contribution is -2.28. The van der Waals surface area contributed by atoms with Crippen LogP contribution in [-0.4, -0.2) is 18.5 Å². The summed E-state index contributed by atoms with van der Waals surface area (Å²) in [6.07, 6.45) is 1.52. The smallest absolute Gasteiger partial charge is 0.317 e. The van der Waals surface area contributed by atoms with Crippen LogP contribution in [0, 0.1) is 6.92 Å². The molecule has 0 saturated heterocycles. The van der Waals surface area contributed by atoms with Crippen molar-refractivity contribution in [2.24, 2.45) is 0 Å². The van der Waals surface area contributed by atoms with Gasteiger partial charge in [-0.15, -0.1) is 0 Å². The predicted octanol–water partition coefficient (Wildman–Crippen LogP) is 3.86. The summed E-state index contributed by atoms with van der Waals surface area (Å²) in [7, 11) is 0. The summed E-state index contributed by atoms with van der Waals surface area (Å²) >= 11 is 5.89. The van der Waals surface area contributed by atoms with Gasteiger partial charge >= 0.3 is 5.97 Å². The van der Waals surface area contributed by atoms with Crippen molar-refractivity contribution in [2.45, 2.75) is 25.2 Å². The number of carbonyl (C=O) groups excluding carboxylic acids is 2. The number of esters is 1. The van der Waals surface area contributed by atoms with Gasteiger partial charge in [0.25, 0.3) is 5.91 Å². The van der Waals surface area contributed by atoms with Gasteiger partial charge in [0, 0.05) is 10.7 Å². The number of anilines is 1. The number of hydrogen-bond acceptors (Lipinski definition) is 3. The zero-order valence-electron chi connectivity index (χ0n) is 13.3. The van der Waals surface area contributed by atoms with Crippen LogP contribution in [0.3, 0.4) is 0 Å². The van der Waals surface area contributed by atoms with Crippen molar-refractivity contribution < 1.29 is 14.3 Å². The lowest BCUT2D eigenvalue weighted by molar-refractivity contribution is -0.150. The highest BCUT2D eigenvalue weighted by atomic mass is 35.5. The van der Waals surface area contributed by atoms with Gasteiger partial charge in [0.15, 0.2) is 6.61 Å². The molecule has 1 saturated carbocycles. The molecule has 5 heteroatoms. The quantitative estimate of drug-likeness (QED) is 0.839. The molecular formula is C19H18ClNO3. The Hall–Kier alpha value is -2.33. The first-order chi connectivity index (χ1) is 11.5. The number of hydrogen-bond donors (Lipinski definition) is 1. The SMILES string of the molecule is Cc1cc(Cl)ccc1NC(=O)COC(=O)C1(c2ccccc2)CC1. The lowest BCUT2D eigenvalue weighted by Gasteiger charge is -2.15. The number of aryl methyl sites for hydroxylation is 1. The van der Waals surface area contributed by atoms with Gasteiger partial charge in [-0.25, -0.2) is 0 Å². The number of rotatable bonds is 5. The second-order valence-electron chi connectivity index (χ2n) is 6.03. The standard InChI is InChI=1S/C19H18ClNO3/c1-13-11-15(20)7-8-16(13)21-17(22)12-24-18(23)19(9-10-19)14-5-3-2-4-6-14/h2-8,11H,9-10,12H2,1H3,(H,21,22). The number of carbonyl (C=O) groups is 2. The summed E-state index contributed by atoms with van der Waals surface area (Å²) in [5.41, 5.74) is 1.89. The third-order valence-electron chi connectivity index (χ3n) is 4.26. The Morgan fingerprint density at radius 2 is 1.88 bits per heavy atom. The highest BCUT2D eigenvalue weighted by molar-refractivity contribution is 6.30. The molecule has 0 unspecified atom stereocenters. The number of nitrogens with one attached hydrogen (secondary N) is 1. The molecule has 2 aromatic rings. The summed E-state index contributed by atoms with van der Waals surface area (Å²) in [5.74, 6) is -0.700. The molecule has 1 aliphatic rings. The van der Waals surface area contributed by atoms with Crippen LogP contribution < -0.4 is 5.32 Å². The fourth-order valence-corrected chi connectivity index (χ4v) is 2.94. The molecular weight excluding hydrogens is 326 g/mol. The Bertz CT molecular complexity index is 769. The molecule has 4 nitrogen and oxygen atoms in total. The largest absolute Gasteiger partial charge is 0.455 e. The van der Waals surface area contributed by atoms with E-state index >= 15 is 0 Å². The first-order valence-corrected chi connectivity index (χ1v) is 8.18. The fourth-order valence-electron chi connectivity index (χ4n) is 2.72. The van der Waals surface area contributed by atoms with Crippen LogP contribution in [0.15, 0.2) is 48.5 Å². The molecule has 24 heavy (non-hydrogen) atoms. The molecule has 2 aromatic carbocycles. The highest BCUT2D eigenvalue weighted by Crippen LogP contribution is 2.49. The highest BCUT2D eigenvalue weighted by Gasteiger charge is 2.52. The van der Waals surface area contributed by atoms with Gasteiger partial charge in [-0.2, -0.15) is 0 Å². The Balaban J connectivity index is 1.58. The summed E-state index contributed by atoms with van der Waals surface area (Å²) in [4.78, 5) is 24.4. The van der Waals surface area contributed by atoms with E-state index in [2.05, 4.69) is 5.32 Å². The van der Waals surface area contributed by atoms with Crippen LogP contribution >= 0.6 is 11.6 Å². The maximum absolute atomic E-state index is 12.4. The van der Waals surface area contributed by atoms with Gasteiger partial charge in [-0.3, -0.25) is 9.59 Å². The van der Waals surface area contributed by atoms with Crippen molar-refractivity contribution >= 4 is 29.2 Å². The van der Waals surface area contributed by atoms with Gasteiger partial charge in [-0.05, 0) is 49.1 Å². The molecule has 0 radical (unpaired) electrons. The summed E-state index contributed by atoms with van der Waals surface area (Å²) in [6, 6.07) is 14.7. The Labute approximate surface area is 145 Å². The van der Waals surface area contributed by atoms with Gasteiger partial charge in [0.05, 0.1) is 5.41 Å². The number of benzene rings is 2. The molecule has 0 atom stereocenters. The van der Waals surface area contributed by atoms with Crippen LogP contribution in [-0.2, 0) is 19.7 Å². The Morgan fingerprint density at radius 1 is 1.17 bits per heavy atom. The first-order valence-electron chi connectivity index (χ1n) is 7.80. The third-order valence-corrected chi connectivity index (χ3v) is 4.50. The van der Waals surface area contributed by atoms with E-state index < -0.39 is 5.41 Å². The second-order valence-corrected chi connectivity index (χ2v) is 6.47. The molecule has 0 bridgehead atoms. The van der Waals surface area contributed by atoms with E-state index in [1.54, 1.807) is 18.2 Å². The molecule has 124 valence electrons. The van der Waals surface area contributed by atoms with Gasteiger partial charge in [0.1, 0.15) is 0 Å². The van der Waals surface area contributed by atoms with Crippen molar-refractivity contribution in [3.05, 3.63) is 64.7 Å². The van der Waals surface area contributed by atoms with E-state index in [-0.39, 0.29) is 18.5 Å². The Kier molecular flexibility index (Phi) is 4.58.